The fourth-order valence-electron chi connectivity index (χ4n) is 2.57. The summed E-state index contributed by atoms with van der Waals surface area (Å²) in [6.45, 7) is 5.07. The predicted octanol–water partition coefficient (Wildman–Crippen LogP) is 1.37. The van der Waals surface area contributed by atoms with E-state index in [1.807, 2.05) is 6.92 Å². The van der Waals surface area contributed by atoms with E-state index in [1.165, 1.54) is 6.92 Å². The number of hydrogen-bond acceptors (Lipinski definition) is 6. The first kappa shape index (κ1) is 20.5. The number of primary amides is 2. The number of hydrogen-bond donors (Lipinski definition) is 4. The van der Waals surface area contributed by atoms with E-state index in [0.717, 1.165) is 12.8 Å². The largest absolute Gasteiger partial charge is 0.442 e. The molecule has 0 saturated carbocycles. The van der Waals surface area contributed by atoms with Crippen molar-refractivity contribution in [1.82, 2.24) is 0 Å². The van der Waals surface area contributed by atoms with Crippen LogP contribution in [0.2, 0.25) is 0 Å². The van der Waals surface area contributed by atoms with Gasteiger partial charge in [-0.15, -0.1) is 0 Å². The molecule has 0 bridgehead atoms. The van der Waals surface area contributed by atoms with Gasteiger partial charge in [-0.3, -0.25) is 0 Å². The second kappa shape index (κ2) is 8.79. The summed E-state index contributed by atoms with van der Waals surface area (Å²) in [5, 5.41) is 20.6. The van der Waals surface area contributed by atoms with E-state index in [9.17, 15) is 19.8 Å². The zero-order chi connectivity index (χ0) is 17.4. The highest BCUT2D eigenvalue weighted by molar-refractivity contribution is 5.66. The molecule has 0 aliphatic heterocycles. The Balaban J connectivity index is 5.68. The van der Waals surface area contributed by atoms with Crippen molar-refractivity contribution < 1.29 is 29.3 Å². The molecule has 0 aromatic heterocycles. The van der Waals surface area contributed by atoms with Gasteiger partial charge in [-0.25, -0.2) is 9.59 Å². The van der Waals surface area contributed by atoms with Crippen LogP contribution in [0.15, 0.2) is 0 Å². The summed E-state index contributed by atoms with van der Waals surface area (Å²) in [7, 11) is 0. The molecule has 8 nitrogen and oxygen atoms in total. The van der Waals surface area contributed by atoms with Gasteiger partial charge in [0.1, 0.15) is 6.10 Å². The van der Waals surface area contributed by atoms with E-state index >= 15 is 0 Å². The van der Waals surface area contributed by atoms with Crippen LogP contribution in [-0.2, 0) is 9.47 Å². The number of unbranched alkanes of at least 4 members (excludes halogenated alkanes) is 2. The molecule has 0 spiro atoms. The maximum absolute atomic E-state index is 11.3. The molecule has 130 valence electrons. The van der Waals surface area contributed by atoms with Gasteiger partial charge in [0, 0.05) is 6.42 Å². The summed E-state index contributed by atoms with van der Waals surface area (Å²) < 4.78 is 10.1. The molecule has 2 unspecified atom stereocenters. The molecule has 0 heterocycles. The van der Waals surface area contributed by atoms with Crippen LogP contribution in [0.1, 0.15) is 59.3 Å². The van der Waals surface area contributed by atoms with Gasteiger partial charge in [-0.1, -0.05) is 33.6 Å². The number of rotatable bonds is 10. The molecule has 2 amide bonds. The highest BCUT2D eigenvalue weighted by Crippen LogP contribution is 2.38. The lowest BCUT2D eigenvalue weighted by atomic mass is 9.80. The minimum atomic E-state index is -2.41. The topological polar surface area (TPSA) is 145 Å². The third-order valence-corrected chi connectivity index (χ3v) is 3.83. The van der Waals surface area contributed by atoms with Crippen molar-refractivity contribution in [1.29, 1.82) is 0 Å². The maximum atomic E-state index is 11.3. The number of carbonyl (C=O) groups excluding carboxylic acids is 2. The molecule has 0 aliphatic rings. The Hall–Kier alpha value is -1.54. The summed E-state index contributed by atoms with van der Waals surface area (Å²) in [5.41, 5.74) is 8.26. The molecular formula is C14H28N2O6. The first-order valence-electron chi connectivity index (χ1n) is 7.56. The van der Waals surface area contributed by atoms with Crippen molar-refractivity contribution in [3.8, 4) is 0 Å². The Morgan fingerprint density at radius 3 is 2.00 bits per heavy atom. The van der Waals surface area contributed by atoms with Crippen LogP contribution in [0.4, 0.5) is 9.59 Å². The van der Waals surface area contributed by atoms with Gasteiger partial charge >= 0.3 is 12.2 Å². The zero-order valence-electron chi connectivity index (χ0n) is 13.5. The Bertz CT molecular complexity index is 374. The van der Waals surface area contributed by atoms with E-state index in [-0.39, 0.29) is 19.3 Å². The van der Waals surface area contributed by atoms with Crippen LogP contribution >= 0.6 is 0 Å². The molecule has 22 heavy (non-hydrogen) atoms. The summed E-state index contributed by atoms with van der Waals surface area (Å²) in [4.78, 5) is 22.4. The molecular weight excluding hydrogens is 292 g/mol. The van der Waals surface area contributed by atoms with Gasteiger partial charge in [0.2, 0.25) is 11.4 Å². The van der Waals surface area contributed by atoms with Crippen molar-refractivity contribution in [3.05, 3.63) is 0 Å². The third-order valence-electron chi connectivity index (χ3n) is 3.83. The van der Waals surface area contributed by atoms with E-state index in [2.05, 4.69) is 0 Å². The maximum Gasteiger partial charge on any atom is 0.405 e. The number of carbonyl (C=O) groups is 2. The Morgan fingerprint density at radius 1 is 1.05 bits per heavy atom. The molecule has 0 aliphatic carbocycles. The molecule has 6 N–H and O–H groups in total. The average molecular weight is 320 g/mol. The molecule has 8 heteroatoms. The van der Waals surface area contributed by atoms with Gasteiger partial charge in [0.15, 0.2) is 0 Å². The van der Waals surface area contributed by atoms with E-state index < -0.39 is 29.7 Å². The lowest BCUT2D eigenvalue weighted by Gasteiger charge is -2.45. The Kier molecular flexibility index (Phi) is 8.18. The van der Waals surface area contributed by atoms with Crippen molar-refractivity contribution >= 4 is 12.2 Å². The van der Waals surface area contributed by atoms with Gasteiger partial charge in [-0.05, 0) is 19.3 Å². The van der Waals surface area contributed by atoms with Crippen LogP contribution < -0.4 is 11.5 Å². The predicted molar refractivity (Wildman–Crippen MR) is 79.7 cm³/mol. The molecule has 0 fully saturated rings. The number of nitrogens with two attached hydrogens (primary N) is 2. The summed E-state index contributed by atoms with van der Waals surface area (Å²) in [6.07, 6.45) is -0.888. The quantitative estimate of drug-likeness (QED) is 0.353. The van der Waals surface area contributed by atoms with Gasteiger partial charge in [0.05, 0.1) is 0 Å². The van der Waals surface area contributed by atoms with E-state index in [1.54, 1.807) is 6.92 Å². The van der Waals surface area contributed by atoms with E-state index in [4.69, 9.17) is 20.9 Å². The second-order valence-corrected chi connectivity index (χ2v) is 5.26. The van der Waals surface area contributed by atoms with Gasteiger partial charge in [0.25, 0.3) is 0 Å². The fourth-order valence-corrected chi connectivity index (χ4v) is 2.57. The standard InChI is InChI=1S/C14H28N2O6/c1-4-7-8-9-10(21-11(15)17)13(5-2,22-12(16)18)14(19,20)6-3/h10,19-20H,4-9H2,1-3H3,(H2,15,17)(H2,16,18). The van der Waals surface area contributed by atoms with Crippen molar-refractivity contribution in [3.63, 3.8) is 0 Å². The monoisotopic (exact) mass is 320 g/mol. The van der Waals surface area contributed by atoms with Crippen LogP contribution in [0.3, 0.4) is 0 Å². The normalized spacial score (nSPS) is 15.7. The lowest BCUT2D eigenvalue weighted by molar-refractivity contribution is -0.300. The second-order valence-electron chi connectivity index (χ2n) is 5.26. The van der Waals surface area contributed by atoms with Crippen LogP contribution in [0.25, 0.3) is 0 Å². The van der Waals surface area contributed by atoms with Crippen molar-refractivity contribution in [2.75, 3.05) is 0 Å². The van der Waals surface area contributed by atoms with Crippen LogP contribution in [-0.4, -0.2) is 39.9 Å². The third kappa shape index (κ3) is 5.03. The number of ether oxygens (including phenoxy) is 2. The summed E-state index contributed by atoms with van der Waals surface area (Å²) >= 11 is 0. The van der Waals surface area contributed by atoms with Crippen LogP contribution in [0, 0.1) is 0 Å². The fraction of sp³-hybridized carbons (Fsp3) is 0.857. The number of aliphatic hydroxyl groups is 2. The van der Waals surface area contributed by atoms with Crippen molar-refractivity contribution in [2.45, 2.75) is 76.8 Å². The zero-order valence-corrected chi connectivity index (χ0v) is 13.5. The smallest absolute Gasteiger partial charge is 0.405 e. The first-order valence-corrected chi connectivity index (χ1v) is 7.56. The molecule has 0 aromatic carbocycles. The molecule has 2 atom stereocenters. The highest BCUT2D eigenvalue weighted by atomic mass is 16.6. The van der Waals surface area contributed by atoms with E-state index in [0.29, 0.717) is 6.42 Å². The minimum absolute atomic E-state index is 0.0130. The summed E-state index contributed by atoms with van der Waals surface area (Å²) in [5.74, 6) is -2.41. The lowest BCUT2D eigenvalue weighted by Crippen LogP contribution is -2.64. The molecule has 0 saturated heterocycles. The Morgan fingerprint density at radius 2 is 1.64 bits per heavy atom. The first-order chi connectivity index (χ1) is 10.2. The SMILES string of the molecule is CCCCCC(OC(N)=O)C(CC)(OC(N)=O)C(O)(O)CC. The van der Waals surface area contributed by atoms with Gasteiger partial charge < -0.3 is 31.2 Å². The number of amides is 2. The van der Waals surface area contributed by atoms with Crippen LogP contribution in [0.5, 0.6) is 0 Å². The average Bonchev–Trinajstić information content (AvgIpc) is 2.43. The molecule has 0 rings (SSSR count). The van der Waals surface area contributed by atoms with Gasteiger partial charge in [-0.2, -0.15) is 0 Å². The molecule has 0 aromatic rings. The van der Waals surface area contributed by atoms with Crippen molar-refractivity contribution in [2.24, 2.45) is 11.5 Å². The minimum Gasteiger partial charge on any atom is -0.442 e. The highest BCUT2D eigenvalue weighted by Gasteiger charge is 2.57. The summed E-state index contributed by atoms with van der Waals surface area (Å²) in [6, 6.07) is 0. The Labute approximate surface area is 130 Å². The molecule has 0 radical (unpaired) electrons.